The standard InChI is InChI=1S/C21H18N2O5S2/c1-27-21(24)18-9-15-14-10-20-16(11-17(14)28-12-19(15)29-18)23(8-7-22-30(20,25)26)13-5-3-2-4-6-13/h2-6,9-11,22H,7-8,12H2,1H3. The smallest absolute Gasteiger partial charge is 0.348 e. The van der Waals surface area contributed by atoms with E-state index in [1.165, 1.54) is 18.4 Å². The van der Waals surface area contributed by atoms with Crippen molar-refractivity contribution in [3.8, 4) is 16.9 Å². The number of nitrogens with zero attached hydrogens (tertiary/aromatic N) is 1. The second-order valence-electron chi connectivity index (χ2n) is 6.93. The maximum absolute atomic E-state index is 13.0. The second kappa shape index (κ2) is 7.12. The van der Waals surface area contributed by atoms with Crippen LogP contribution in [0.4, 0.5) is 11.4 Å². The molecule has 2 aliphatic rings. The molecule has 7 nitrogen and oxygen atoms in total. The topological polar surface area (TPSA) is 84.9 Å². The molecule has 0 bridgehead atoms. The van der Waals surface area contributed by atoms with Crippen molar-refractivity contribution in [2.45, 2.75) is 11.5 Å². The fourth-order valence-electron chi connectivity index (χ4n) is 3.78. The van der Waals surface area contributed by atoms with Gasteiger partial charge in [-0.15, -0.1) is 11.3 Å². The van der Waals surface area contributed by atoms with Crippen LogP contribution in [0.25, 0.3) is 11.1 Å². The van der Waals surface area contributed by atoms with Crippen LogP contribution >= 0.6 is 11.3 Å². The predicted octanol–water partition coefficient (Wildman–Crippen LogP) is 3.52. The fourth-order valence-corrected chi connectivity index (χ4v) is 6.02. The molecule has 1 aromatic heterocycles. The molecule has 2 aliphatic heterocycles. The molecule has 0 amide bonds. The molecule has 30 heavy (non-hydrogen) atoms. The van der Waals surface area contributed by atoms with Crippen molar-refractivity contribution in [2.24, 2.45) is 0 Å². The largest absolute Gasteiger partial charge is 0.487 e. The summed E-state index contributed by atoms with van der Waals surface area (Å²) in [5.41, 5.74) is 2.92. The Kier molecular flexibility index (Phi) is 4.53. The lowest BCUT2D eigenvalue weighted by molar-refractivity contribution is 0.0606. The highest BCUT2D eigenvalue weighted by Gasteiger charge is 2.31. The third-order valence-electron chi connectivity index (χ3n) is 5.18. The predicted molar refractivity (Wildman–Crippen MR) is 114 cm³/mol. The minimum atomic E-state index is -3.71. The van der Waals surface area contributed by atoms with Gasteiger partial charge in [0, 0.05) is 36.0 Å². The summed E-state index contributed by atoms with van der Waals surface area (Å²) in [5.74, 6) is 0.170. The zero-order valence-electron chi connectivity index (χ0n) is 16.0. The third-order valence-corrected chi connectivity index (χ3v) is 7.76. The number of anilines is 2. The molecule has 3 aromatic rings. The number of hydrogen-bond donors (Lipinski definition) is 1. The van der Waals surface area contributed by atoms with E-state index in [0.29, 0.717) is 35.0 Å². The van der Waals surface area contributed by atoms with Gasteiger partial charge in [-0.3, -0.25) is 0 Å². The first-order chi connectivity index (χ1) is 14.5. The Morgan fingerprint density at radius 2 is 1.97 bits per heavy atom. The molecule has 1 N–H and O–H groups in total. The van der Waals surface area contributed by atoms with Crippen molar-refractivity contribution in [1.29, 1.82) is 0 Å². The first-order valence-corrected chi connectivity index (χ1v) is 11.6. The molecule has 0 saturated heterocycles. The van der Waals surface area contributed by atoms with E-state index in [1.54, 1.807) is 18.2 Å². The summed E-state index contributed by atoms with van der Waals surface area (Å²) < 4.78 is 39.4. The summed E-state index contributed by atoms with van der Waals surface area (Å²) in [6, 6.07) is 14.8. The molecular weight excluding hydrogens is 424 g/mol. The van der Waals surface area contributed by atoms with Crippen molar-refractivity contribution in [1.82, 2.24) is 4.72 Å². The summed E-state index contributed by atoms with van der Waals surface area (Å²) >= 11 is 1.30. The average molecular weight is 443 g/mol. The molecule has 154 valence electrons. The number of para-hydroxylation sites is 1. The van der Waals surface area contributed by atoms with Crippen LogP contribution in [0, 0.1) is 0 Å². The monoisotopic (exact) mass is 442 g/mol. The Morgan fingerprint density at radius 3 is 2.73 bits per heavy atom. The van der Waals surface area contributed by atoms with E-state index in [0.717, 1.165) is 16.1 Å². The number of carbonyl (C=O) groups excluding carboxylic acids is 1. The third kappa shape index (κ3) is 3.06. The minimum absolute atomic E-state index is 0.185. The first kappa shape index (κ1) is 19.1. The van der Waals surface area contributed by atoms with Crippen LogP contribution in [0.1, 0.15) is 14.5 Å². The van der Waals surface area contributed by atoms with Gasteiger partial charge in [-0.2, -0.15) is 0 Å². The van der Waals surface area contributed by atoms with Gasteiger partial charge in [-0.1, -0.05) is 18.2 Å². The van der Waals surface area contributed by atoms with Gasteiger partial charge in [0.25, 0.3) is 0 Å². The molecule has 0 saturated carbocycles. The number of esters is 1. The van der Waals surface area contributed by atoms with Crippen LogP contribution < -0.4 is 14.4 Å². The molecule has 0 aliphatic carbocycles. The number of ether oxygens (including phenoxy) is 2. The quantitative estimate of drug-likeness (QED) is 0.612. The summed E-state index contributed by atoms with van der Waals surface area (Å²) in [7, 11) is -2.37. The van der Waals surface area contributed by atoms with Crippen molar-refractivity contribution in [2.75, 3.05) is 25.1 Å². The number of carbonyl (C=O) groups is 1. The summed E-state index contributed by atoms with van der Waals surface area (Å²) in [6.45, 7) is 1.10. The molecular formula is C21H18N2O5S2. The van der Waals surface area contributed by atoms with Gasteiger partial charge < -0.3 is 14.4 Å². The van der Waals surface area contributed by atoms with Gasteiger partial charge in [0.1, 0.15) is 22.1 Å². The van der Waals surface area contributed by atoms with Crippen LogP contribution in [0.15, 0.2) is 53.4 Å². The van der Waals surface area contributed by atoms with Crippen LogP contribution in [0.5, 0.6) is 5.75 Å². The lowest BCUT2D eigenvalue weighted by atomic mass is 10.0. The molecule has 0 radical (unpaired) electrons. The molecule has 0 spiro atoms. The lowest BCUT2D eigenvalue weighted by Crippen LogP contribution is -2.27. The van der Waals surface area contributed by atoms with Crippen LogP contribution in [0.2, 0.25) is 0 Å². The Morgan fingerprint density at radius 1 is 1.17 bits per heavy atom. The van der Waals surface area contributed by atoms with Gasteiger partial charge in [0.15, 0.2) is 0 Å². The van der Waals surface area contributed by atoms with Gasteiger partial charge in [-0.05, 0) is 24.3 Å². The van der Waals surface area contributed by atoms with Crippen molar-refractivity contribution >= 4 is 38.7 Å². The Labute approximate surface area is 177 Å². The van der Waals surface area contributed by atoms with E-state index in [-0.39, 0.29) is 11.4 Å². The van der Waals surface area contributed by atoms with Gasteiger partial charge in [0.05, 0.1) is 17.7 Å². The number of nitrogens with one attached hydrogen (secondary N) is 1. The maximum atomic E-state index is 13.0. The number of thiophene rings is 1. The molecule has 9 heteroatoms. The van der Waals surface area contributed by atoms with Crippen molar-refractivity contribution in [3.05, 3.63) is 58.3 Å². The van der Waals surface area contributed by atoms with Crippen LogP contribution in [-0.2, 0) is 21.4 Å². The lowest BCUT2D eigenvalue weighted by Gasteiger charge is -2.26. The highest BCUT2D eigenvalue weighted by Crippen LogP contribution is 2.47. The number of methoxy groups -OCH3 is 1. The minimum Gasteiger partial charge on any atom is -0.487 e. The van der Waals surface area contributed by atoms with E-state index in [4.69, 9.17) is 9.47 Å². The normalized spacial score (nSPS) is 16.5. The summed E-state index contributed by atoms with van der Waals surface area (Å²) in [6.07, 6.45) is 0. The van der Waals surface area contributed by atoms with Crippen molar-refractivity contribution < 1.29 is 22.7 Å². The highest BCUT2D eigenvalue weighted by atomic mass is 32.2. The van der Waals surface area contributed by atoms with E-state index < -0.39 is 16.0 Å². The van der Waals surface area contributed by atoms with Gasteiger partial charge in [-0.25, -0.2) is 17.9 Å². The zero-order chi connectivity index (χ0) is 20.9. The number of benzene rings is 2. The number of fused-ring (bicyclic) bond motifs is 4. The number of rotatable bonds is 2. The SMILES string of the molecule is COC(=O)c1cc2c(s1)COc1cc3c(cc1-2)S(=O)(=O)NCCN3c1ccccc1. The summed E-state index contributed by atoms with van der Waals surface area (Å²) in [4.78, 5) is 15.4. The molecule has 0 atom stereocenters. The highest BCUT2D eigenvalue weighted by molar-refractivity contribution is 7.89. The molecule has 3 heterocycles. The molecule has 5 rings (SSSR count). The van der Waals surface area contributed by atoms with Crippen LogP contribution in [0.3, 0.4) is 0 Å². The molecule has 0 unspecified atom stereocenters. The zero-order valence-corrected chi connectivity index (χ0v) is 17.7. The Hall–Kier alpha value is -2.88. The van der Waals surface area contributed by atoms with E-state index in [9.17, 15) is 13.2 Å². The maximum Gasteiger partial charge on any atom is 0.348 e. The van der Waals surface area contributed by atoms with Gasteiger partial charge in [0.2, 0.25) is 10.0 Å². The van der Waals surface area contributed by atoms with E-state index in [1.807, 2.05) is 35.2 Å². The van der Waals surface area contributed by atoms with E-state index in [2.05, 4.69) is 4.72 Å². The Bertz CT molecular complexity index is 1250. The number of sulfonamides is 1. The van der Waals surface area contributed by atoms with Gasteiger partial charge >= 0.3 is 5.97 Å². The molecule has 2 aromatic carbocycles. The summed E-state index contributed by atoms with van der Waals surface area (Å²) in [5, 5.41) is 0. The average Bonchev–Trinajstić information content (AvgIpc) is 3.15. The van der Waals surface area contributed by atoms with Crippen LogP contribution in [-0.4, -0.2) is 34.6 Å². The number of hydrogen-bond acceptors (Lipinski definition) is 7. The Balaban J connectivity index is 1.71. The second-order valence-corrected chi connectivity index (χ2v) is 9.80. The van der Waals surface area contributed by atoms with E-state index >= 15 is 0 Å². The fraction of sp³-hybridized carbons (Fsp3) is 0.190. The molecule has 0 fully saturated rings. The first-order valence-electron chi connectivity index (χ1n) is 9.32. The van der Waals surface area contributed by atoms with Crippen molar-refractivity contribution in [3.63, 3.8) is 0 Å².